The maximum atomic E-state index is 13.8. The molecule has 164 valence electrons. The number of carbonyl (C=O) groups is 1. The number of anilines is 1. The first-order chi connectivity index (χ1) is 15.6. The highest BCUT2D eigenvalue weighted by Gasteiger charge is 2.53. The van der Waals surface area contributed by atoms with Crippen LogP contribution in [-0.4, -0.2) is 41.2 Å². The second-order valence-corrected chi connectivity index (χ2v) is 8.87. The largest absolute Gasteiger partial charge is 0.497 e. The summed E-state index contributed by atoms with van der Waals surface area (Å²) in [4.78, 5) is 18.0. The third-order valence-corrected chi connectivity index (χ3v) is 6.81. The fourth-order valence-electron chi connectivity index (χ4n) is 4.86. The highest BCUT2D eigenvalue weighted by molar-refractivity contribution is 6.29. The minimum Gasteiger partial charge on any atom is -0.497 e. The molecule has 32 heavy (non-hydrogen) atoms. The van der Waals surface area contributed by atoms with Crippen LogP contribution in [0.3, 0.4) is 0 Å². The molecule has 0 bridgehead atoms. The number of likely N-dealkylation sites (tertiary alicyclic amines) is 1. The maximum absolute atomic E-state index is 13.8. The standard InChI is InChI=1S/C25H25ClN4O2/c1-32-20-9-7-19(8-10-20)17-30-23-21(15-22(26)27-28-23)25(24(30)31)11-13-29(14-12-25)16-18-5-3-2-4-6-18/h2-10,15H,11-14,16-17H2,1H3. The Morgan fingerprint density at radius 1 is 0.969 bits per heavy atom. The van der Waals surface area contributed by atoms with E-state index in [1.54, 1.807) is 12.0 Å². The lowest BCUT2D eigenvalue weighted by Gasteiger charge is -2.38. The highest BCUT2D eigenvalue weighted by atomic mass is 35.5. The van der Waals surface area contributed by atoms with Gasteiger partial charge in [-0.2, -0.15) is 0 Å². The number of piperidine rings is 1. The Morgan fingerprint density at radius 2 is 1.66 bits per heavy atom. The number of benzene rings is 2. The molecule has 3 heterocycles. The number of aromatic nitrogens is 2. The second-order valence-electron chi connectivity index (χ2n) is 8.49. The van der Waals surface area contributed by atoms with E-state index in [2.05, 4.69) is 39.4 Å². The molecular formula is C25H25ClN4O2. The first-order valence-electron chi connectivity index (χ1n) is 10.8. The van der Waals surface area contributed by atoms with Crippen molar-refractivity contribution in [1.82, 2.24) is 15.1 Å². The first-order valence-corrected chi connectivity index (χ1v) is 11.2. The van der Waals surface area contributed by atoms with Crippen molar-refractivity contribution in [3.05, 3.63) is 82.5 Å². The van der Waals surface area contributed by atoms with E-state index in [0.717, 1.165) is 49.4 Å². The van der Waals surface area contributed by atoms with Crippen LogP contribution < -0.4 is 9.64 Å². The van der Waals surface area contributed by atoms with E-state index in [1.165, 1.54) is 5.56 Å². The van der Waals surface area contributed by atoms with Gasteiger partial charge in [-0.1, -0.05) is 54.1 Å². The molecule has 2 aromatic carbocycles. The molecule has 0 atom stereocenters. The molecule has 0 aliphatic carbocycles. The van der Waals surface area contributed by atoms with Gasteiger partial charge >= 0.3 is 0 Å². The van der Waals surface area contributed by atoms with Crippen LogP contribution in [0.15, 0.2) is 60.7 Å². The molecule has 1 aromatic heterocycles. The number of hydrogen-bond donors (Lipinski definition) is 0. The lowest BCUT2D eigenvalue weighted by Crippen LogP contribution is -2.48. The van der Waals surface area contributed by atoms with E-state index < -0.39 is 5.41 Å². The third-order valence-electron chi connectivity index (χ3n) is 6.63. The number of halogens is 1. The van der Waals surface area contributed by atoms with Gasteiger partial charge in [0.15, 0.2) is 11.0 Å². The number of fused-ring (bicyclic) bond motifs is 2. The van der Waals surface area contributed by atoms with Gasteiger partial charge in [-0.25, -0.2) is 0 Å². The first kappa shape index (κ1) is 20.9. The summed E-state index contributed by atoms with van der Waals surface area (Å²) in [6.07, 6.45) is 1.49. The Morgan fingerprint density at radius 3 is 2.34 bits per heavy atom. The molecule has 6 nitrogen and oxygen atoms in total. The molecule has 2 aliphatic heterocycles. The van der Waals surface area contributed by atoms with Crippen LogP contribution in [0, 0.1) is 0 Å². The van der Waals surface area contributed by atoms with Crippen LogP contribution in [0.25, 0.3) is 0 Å². The van der Waals surface area contributed by atoms with Crippen molar-refractivity contribution >= 4 is 23.3 Å². The van der Waals surface area contributed by atoms with Crippen LogP contribution in [0.2, 0.25) is 5.15 Å². The SMILES string of the molecule is COc1ccc(CN2C(=O)C3(CCN(Cc4ccccc4)CC3)c3cc(Cl)nnc32)cc1. The molecule has 0 saturated carbocycles. The summed E-state index contributed by atoms with van der Waals surface area (Å²) in [6, 6.07) is 20.0. The number of amides is 1. The van der Waals surface area contributed by atoms with Crippen LogP contribution in [0.1, 0.15) is 29.5 Å². The van der Waals surface area contributed by atoms with Crippen molar-refractivity contribution in [3.8, 4) is 5.75 Å². The Balaban J connectivity index is 1.39. The minimum atomic E-state index is -0.589. The van der Waals surface area contributed by atoms with Gasteiger partial charge in [0.05, 0.1) is 19.1 Å². The highest BCUT2D eigenvalue weighted by Crippen LogP contribution is 2.48. The van der Waals surface area contributed by atoms with Gasteiger partial charge < -0.3 is 4.74 Å². The minimum absolute atomic E-state index is 0.0965. The monoisotopic (exact) mass is 448 g/mol. The van der Waals surface area contributed by atoms with E-state index >= 15 is 0 Å². The van der Waals surface area contributed by atoms with E-state index in [-0.39, 0.29) is 5.91 Å². The van der Waals surface area contributed by atoms with Gasteiger partial charge in [0.25, 0.3) is 0 Å². The van der Waals surface area contributed by atoms with Crippen LogP contribution in [0.4, 0.5) is 5.82 Å². The Hall–Kier alpha value is -2.96. The molecular weight excluding hydrogens is 424 g/mol. The Kier molecular flexibility index (Phi) is 5.57. The van der Waals surface area contributed by atoms with E-state index in [4.69, 9.17) is 16.3 Å². The van der Waals surface area contributed by atoms with Gasteiger partial charge in [0.1, 0.15) is 5.75 Å². The molecule has 1 saturated heterocycles. The van der Waals surface area contributed by atoms with Crippen molar-refractivity contribution in [1.29, 1.82) is 0 Å². The summed E-state index contributed by atoms with van der Waals surface area (Å²) in [7, 11) is 1.64. The van der Waals surface area contributed by atoms with Crippen LogP contribution in [0.5, 0.6) is 5.75 Å². The van der Waals surface area contributed by atoms with Gasteiger partial charge in [-0.05, 0) is 55.3 Å². The number of hydrogen-bond acceptors (Lipinski definition) is 5. The van der Waals surface area contributed by atoms with Gasteiger partial charge in [-0.15, -0.1) is 10.2 Å². The predicted molar refractivity (Wildman–Crippen MR) is 124 cm³/mol. The Labute approximate surface area is 192 Å². The van der Waals surface area contributed by atoms with Gasteiger partial charge in [0, 0.05) is 12.1 Å². The third kappa shape index (κ3) is 3.74. The van der Waals surface area contributed by atoms with Gasteiger partial charge in [0.2, 0.25) is 5.91 Å². The van der Waals surface area contributed by atoms with Crippen molar-refractivity contribution < 1.29 is 9.53 Å². The molecule has 3 aromatic rings. The lowest BCUT2D eigenvalue weighted by atomic mass is 9.74. The summed E-state index contributed by atoms with van der Waals surface area (Å²) in [5, 5.41) is 8.71. The van der Waals surface area contributed by atoms with Crippen molar-refractivity contribution in [2.24, 2.45) is 0 Å². The lowest BCUT2D eigenvalue weighted by molar-refractivity contribution is -0.125. The predicted octanol–water partition coefficient (Wildman–Crippen LogP) is 4.22. The summed E-state index contributed by atoms with van der Waals surface area (Å²) in [5.74, 6) is 1.52. The molecule has 0 unspecified atom stereocenters. The average molecular weight is 449 g/mol. The summed E-state index contributed by atoms with van der Waals surface area (Å²) in [6.45, 7) is 3.03. The van der Waals surface area contributed by atoms with Crippen molar-refractivity contribution in [2.75, 3.05) is 25.1 Å². The zero-order valence-corrected chi connectivity index (χ0v) is 18.8. The zero-order chi connectivity index (χ0) is 22.1. The Bertz CT molecular complexity index is 1110. The topological polar surface area (TPSA) is 58.6 Å². The fourth-order valence-corrected chi connectivity index (χ4v) is 5.01. The maximum Gasteiger partial charge on any atom is 0.239 e. The normalized spacial score (nSPS) is 17.6. The number of methoxy groups -OCH3 is 1. The van der Waals surface area contributed by atoms with Gasteiger partial charge in [-0.3, -0.25) is 14.6 Å². The van der Waals surface area contributed by atoms with E-state index in [0.29, 0.717) is 17.5 Å². The molecule has 0 N–H and O–H groups in total. The summed E-state index contributed by atoms with van der Waals surface area (Å²) < 4.78 is 5.25. The number of rotatable bonds is 5. The average Bonchev–Trinajstić information content (AvgIpc) is 3.04. The number of carbonyl (C=O) groups excluding carboxylic acids is 1. The number of nitrogens with zero attached hydrogens (tertiary/aromatic N) is 4. The van der Waals surface area contributed by atoms with Crippen LogP contribution >= 0.6 is 11.6 Å². The number of ether oxygens (including phenoxy) is 1. The molecule has 1 fully saturated rings. The molecule has 1 amide bonds. The van der Waals surface area contributed by atoms with E-state index in [1.807, 2.05) is 36.4 Å². The molecule has 5 rings (SSSR count). The van der Waals surface area contributed by atoms with Crippen molar-refractivity contribution in [3.63, 3.8) is 0 Å². The van der Waals surface area contributed by atoms with Crippen molar-refractivity contribution in [2.45, 2.75) is 31.3 Å². The smallest absolute Gasteiger partial charge is 0.239 e. The zero-order valence-electron chi connectivity index (χ0n) is 18.0. The molecule has 2 aliphatic rings. The summed E-state index contributed by atoms with van der Waals surface area (Å²) >= 11 is 6.22. The fraction of sp³-hybridized carbons (Fsp3) is 0.320. The molecule has 0 radical (unpaired) electrons. The molecule has 1 spiro atoms. The second kappa shape index (κ2) is 8.52. The van der Waals surface area contributed by atoms with E-state index in [9.17, 15) is 4.79 Å². The molecule has 7 heteroatoms. The quantitative estimate of drug-likeness (QED) is 0.585. The van der Waals surface area contributed by atoms with Crippen LogP contribution in [-0.2, 0) is 23.3 Å². The summed E-state index contributed by atoms with van der Waals surface area (Å²) in [5.41, 5.74) is 2.63.